The summed E-state index contributed by atoms with van der Waals surface area (Å²) in [7, 11) is 0. The van der Waals surface area contributed by atoms with E-state index in [0.717, 1.165) is 41.6 Å². The summed E-state index contributed by atoms with van der Waals surface area (Å²) < 4.78 is 12.6. The van der Waals surface area contributed by atoms with E-state index in [1.165, 1.54) is 88.7 Å². The number of rotatable bonds is 13. The highest BCUT2D eigenvalue weighted by Crippen LogP contribution is 2.43. The Bertz CT molecular complexity index is 936. The first-order chi connectivity index (χ1) is 20.9. The van der Waals surface area contributed by atoms with Crippen LogP contribution in [0.1, 0.15) is 149 Å². The first-order valence-corrected chi connectivity index (χ1v) is 18.3. The summed E-state index contributed by atoms with van der Waals surface area (Å²) in [5.74, 6) is 5.96. The molecular formula is C43H71F. The maximum absolute atomic E-state index is 12.6. The molecule has 2 aliphatic carbocycles. The molecule has 0 spiro atoms. The minimum absolute atomic E-state index is 0.391. The Kier molecular flexibility index (Phi) is 20.6. The molecule has 0 aliphatic heterocycles. The van der Waals surface area contributed by atoms with Gasteiger partial charge in [0.2, 0.25) is 0 Å². The van der Waals surface area contributed by atoms with Crippen molar-refractivity contribution in [1.29, 1.82) is 0 Å². The Balaban J connectivity index is 0.000000404. The molecule has 3 rings (SSSR count). The predicted octanol–water partition coefficient (Wildman–Crippen LogP) is 14.4. The zero-order valence-corrected chi connectivity index (χ0v) is 30.4. The molecule has 0 nitrogen and oxygen atoms in total. The van der Waals surface area contributed by atoms with Gasteiger partial charge in [0.15, 0.2) is 0 Å². The van der Waals surface area contributed by atoms with Crippen LogP contribution in [-0.4, -0.2) is 0 Å². The van der Waals surface area contributed by atoms with Gasteiger partial charge in [-0.1, -0.05) is 128 Å². The quantitative estimate of drug-likeness (QED) is 0.155. The van der Waals surface area contributed by atoms with E-state index >= 15 is 0 Å². The summed E-state index contributed by atoms with van der Waals surface area (Å²) in [5, 5.41) is 0. The molecule has 4 atom stereocenters. The zero-order chi connectivity index (χ0) is 33.1. The molecule has 2 saturated carbocycles. The molecule has 250 valence electrons. The molecule has 4 unspecified atom stereocenters. The van der Waals surface area contributed by atoms with Crippen molar-refractivity contribution in [2.45, 2.75) is 145 Å². The largest absolute Gasteiger partial charge is 0.208 e. The molecule has 44 heavy (non-hydrogen) atoms. The van der Waals surface area contributed by atoms with Gasteiger partial charge < -0.3 is 0 Å². The first-order valence-electron chi connectivity index (χ1n) is 18.3. The third-order valence-corrected chi connectivity index (χ3v) is 10.7. The fourth-order valence-electron chi connectivity index (χ4n) is 6.79. The van der Waals surface area contributed by atoms with Crippen LogP contribution in [0.4, 0.5) is 4.39 Å². The van der Waals surface area contributed by atoms with Gasteiger partial charge in [0.1, 0.15) is 5.83 Å². The van der Waals surface area contributed by atoms with Gasteiger partial charge in [0, 0.05) is 0 Å². The van der Waals surface area contributed by atoms with E-state index in [1.54, 1.807) is 11.6 Å². The second kappa shape index (κ2) is 22.6. The van der Waals surface area contributed by atoms with Gasteiger partial charge in [-0.3, -0.25) is 0 Å². The standard InChI is InChI=1S/C20H33F.C20H30.C3H8/c1-8-15(2)9-10-16(3)17(4)11-12-18(5)19(6)13-14-20(7)21;1-15-3-7-17(8-4-15)19-11-13-20(14-12-19)18-9-5-16(2)6-10-18;1-3-2/h8,13-18H,1,6-7,9-12H2,2-5H3;3-4,7-8,16,18-20H,5-6,9-14H2,1-2H3;3H2,1-2H3/b14-13-;;. The SMILES string of the molecule is C=CC(C)CCC(C)C(C)CCC(C)C(=C)/C=C\C(=C)F.CCC.Cc1ccc(C2CCC(C3CCC(C)CC3)CC2)cc1. The van der Waals surface area contributed by atoms with E-state index in [1.807, 2.05) is 6.08 Å². The van der Waals surface area contributed by atoms with Crippen LogP contribution < -0.4 is 0 Å². The molecule has 0 aromatic heterocycles. The minimum atomic E-state index is -0.415. The van der Waals surface area contributed by atoms with Crippen LogP contribution in [0.25, 0.3) is 0 Å². The van der Waals surface area contributed by atoms with Gasteiger partial charge in [-0.15, -0.1) is 6.58 Å². The lowest BCUT2D eigenvalue weighted by molar-refractivity contribution is 0.165. The molecule has 0 radical (unpaired) electrons. The van der Waals surface area contributed by atoms with Crippen molar-refractivity contribution in [2.24, 2.45) is 41.4 Å². The van der Waals surface area contributed by atoms with Crippen molar-refractivity contribution < 1.29 is 4.39 Å². The molecule has 2 fully saturated rings. The third-order valence-electron chi connectivity index (χ3n) is 10.7. The summed E-state index contributed by atoms with van der Waals surface area (Å²) in [6, 6.07) is 9.29. The fourth-order valence-corrected chi connectivity index (χ4v) is 6.79. The van der Waals surface area contributed by atoms with Crippen molar-refractivity contribution in [3.05, 3.63) is 84.8 Å². The van der Waals surface area contributed by atoms with Gasteiger partial charge in [-0.25, -0.2) is 4.39 Å². The van der Waals surface area contributed by atoms with Gasteiger partial charge in [0.05, 0.1) is 0 Å². The van der Waals surface area contributed by atoms with Gasteiger partial charge in [-0.05, 0) is 130 Å². The number of halogens is 1. The number of allylic oxidation sites excluding steroid dienone is 5. The van der Waals surface area contributed by atoms with Crippen molar-refractivity contribution in [1.82, 2.24) is 0 Å². The topological polar surface area (TPSA) is 0 Å². The van der Waals surface area contributed by atoms with E-state index in [-0.39, 0.29) is 0 Å². The van der Waals surface area contributed by atoms with Crippen LogP contribution in [-0.2, 0) is 0 Å². The van der Waals surface area contributed by atoms with Crippen molar-refractivity contribution in [3.63, 3.8) is 0 Å². The van der Waals surface area contributed by atoms with Crippen LogP contribution in [0.5, 0.6) is 0 Å². The molecule has 0 heterocycles. The maximum Gasteiger partial charge on any atom is 0.116 e. The van der Waals surface area contributed by atoms with Crippen molar-refractivity contribution in [2.75, 3.05) is 0 Å². The van der Waals surface area contributed by atoms with Gasteiger partial charge in [-0.2, -0.15) is 0 Å². The molecule has 2 aliphatic rings. The number of hydrogen-bond donors (Lipinski definition) is 0. The van der Waals surface area contributed by atoms with E-state index in [2.05, 4.69) is 99.4 Å². The lowest BCUT2D eigenvalue weighted by atomic mass is 9.68. The predicted molar refractivity (Wildman–Crippen MR) is 197 cm³/mol. The Labute approximate surface area is 274 Å². The van der Waals surface area contributed by atoms with E-state index in [0.29, 0.717) is 17.8 Å². The molecule has 0 amide bonds. The second-order valence-corrected chi connectivity index (χ2v) is 14.8. The molecule has 1 heteroatoms. The molecule has 0 saturated heterocycles. The summed E-state index contributed by atoms with van der Waals surface area (Å²) >= 11 is 0. The summed E-state index contributed by atoms with van der Waals surface area (Å²) in [4.78, 5) is 0. The van der Waals surface area contributed by atoms with E-state index in [4.69, 9.17) is 0 Å². The molecule has 0 bridgehead atoms. The summed E-state index contributed by atoms with van der Waals surface area (Å²) in [5.41, 5.74) is 3.96. The van der Waals surface area contributed by atoms with Crippen LogP contribution in [0, 0.1) is 48.3 Å². The van der Waals surface area contributed by atoms with Gasteiger partial charge >= 0.3 is 0 Å². The Morgan fingerprint density at radius 3 is 1.73 bits per heavy atom. The Morgan fingerprint density at radius 1 is 0.773 bits per heavy atom. The lowest BCUT2D eigenvalue weighted by Gasteiger charge is -2.37. The Hall–Kier alpha value is -1.89. The van der Waals surface area contributed by atoms with Crippen molar-refractivity contribution in [3.8, 4) is 0 Å². The second-order valence-electron chi connectivity index (χ2n) is 14.8. The number of aryl methyl sites for hydroxylation is 1. The molecule has 1 aromatic rings. The first kappa shape index (κ1) is 40.1. The minimum Gasteiger partial charge on any atom is -0.208 e. The third kappa shape index (κ3) is 16.4. The van der Waals surface area contributed by atoms with Crippen molar-refractivity contribution >= 4 is 0 Å². The van der Waals surface area contributed by atoms with E-state index in [9.17, 15) is 4.39 Å². The average molecular weight is 607 g/mol. The molecule has 1 aromatic carbocycles. The monoisotopic (exact) mass is 607 g/mol. The van der Waals surface area contributed by atoms with Gasteiger partial charge in [0.25, 0.3) is 0 Å². The number of benzene rings is 1. The highest BCUT2D eigenvalue weighted by atomic mass is 19.1. The summed E-state index contributed by atoms with van der Waals surface area (Å²) in [6.07, 6.45) is 23.0. The lowest BCUT2D eigenvalue weighted by Crippen LogP contribution is -2.24. The van der Waals surface area contributed by atoms with Crippen LogP contribution in [0.15, 0.2) is 73.6 Å². The van der Waals surface area contributed by atoms with Crippen LogP contribution in [0.2, 0.25) is 0 Å². The Morgan fingerprint density at radius 2 is 1.25 bits per heavy atom. The number of hydrogen-bond acceptors (Lipinski definition) is 0. The molecule has 0 N–H and O–H groups in total. The fraction of sp³-hybridized carbons (Fsp3) is 0.674. The van der Waals surface area contributed by atoms with Crippen LogP contribution in [0.3, 0.4) is 0 Å². The average Bonchev–Trinajstić information content (AvgIpc) is 3.02. The van der Waals surface area contributed by atoms with E-state index < -0.39 is 5.83 Å². The van der Waals surface area contributed by atoms with Crippen LogP contribution >= 0.6 is 0 Å². The molecular weight excluding hydrogens is 535 g/mol. The smallest absolute Gasteiger partial charge is 0.116 e. The zero-order valence-electron chi connectivity index (χ0n) is 30.4. The summed E-state index contributed by atoms with van der Waals surface area (Å²) in [6.45, 7) is 29.0. The maximum atomic E-state index is 12.6. The normalized spacial score (nSPS) is 24.5. The highest BCUT2D eigenvalue weighted by Gasteiger charge is 2.30. The highest BCUT2D eigenvalue weighted by molar-refractivity contribution is 5.25.